The molecule has 0 aromatic heterocycles. The Hall–Kier alpha value is -3.68. The number of hydrogen-bond donors (Lipinski definition) is 1. The van der Waals surface area contributed by atoms with Gasteiger partial charge in [0.05, 0.1) is 18.8 Å². The molecule has 5 nitrogen and oxygen atoms in total. The second-order valence-electron chi connectivity index (χ2n) is 8.84. The molecule has 0 saturated carbocycles. The van der Waals surface area contributed by atoms with Gasteiger partial charge in [-0.1, -0.05) is 23.8 Å². The van der Waals surface area contributed by atoms with E-state index in [4.69, 9.17) is 21.1 Å². The minimum Gasteiger partial charge on any atom is -0.488 e. The van der Waals surface area contributed by atoms with Crippen molar-refractivity contribution in [2.75, 3.05) is 31.2 Å². The lowest BCUT2D eigenvalue weighted by Gasteiger charge is -2.29. The molecule has 1 aliphatic heterocycles. The Labute approximate surface area is 218 Å². The largest absolute Gasteiger partial charge is 0.488 e. The van der Waals surface area contributed by atoms with Crippen LogP contribution < -0.4 is 9.64 Å². The summed E-state index contributed by atoms with van der Waals surface area (Å²) in [5, 5.41) is 10.3. The fourth-order valence-electron chi connectivity index (χ4n) is 4.58. The van der Waals surface area contributed by atoms with Crippen LogP contribution in [0.25, 0.3) is 11.1 Å². The van der Waals surface area contributed by atoms with Crippen molar-refractivity contribution in [3.8, 4) is 5.75 Å². The lowest BCUT2D eigenvalue weighted by Crippen LogP contribution is -2.36. The number of halogens is 3. The van der Waals surface area contributed by atoms with Crippen molar-refractivity contribution in [1.29, 1.82) is 0 Å². The Morgan fingerprint density at radius 2 is 1.86 bits per heavy atom. The highest BCUT2D eigenvalue weighted by molar-refractivity contribution is 6.31. The summed E-state index contributed by atoms with van der Waals surface area (Å²) >= 11 is 6.34. The van der Waals surface area contributed by atoms with Crippen LogP contribution in [0.4, 0.5) is 14.5 Å². The average Bonchev–Trinajstić information content (AvgIpc) is 3.39. The third-order valence-electron chi connectivity index (χ3n) is 6.45. The number of carbonyl (C=O) groups is 1. The molecule has 3 aromatic rings. The van der Waals surface area contributed by atoms with Crippen LogP contribution in [0, 0.1) is 11.6 Å². The number of nitrogens with zero attached hydrogens (tertiary/aromatic N) is 1. The summed E-state index contributed by atoms with van der Waals surface area (Å²) in [6, 6.07) is 13.9. The Kier molecular flexibility index (Phi) is 7.26. The first-order valence-electron chi connectivity index (χ1n) is 11.9. The van der Waals surface area contributed by atoms with Gasteiger partial charge in [0, 0.05) is 41.0 Å². The van der Waals surface area contributed by atoms with Crippen LogP contribution in [0.1, 0.15) is 33.5 Å². The van der Waals surface area contributed by atoms with Crippen LogP contribution in [0.2, 0.25) is 5.02 Å². The molecular formula is C29H24ClF2NO4. The molecule has 0 atom stereocenters. The number of ether oxygens (including phenoxy) is 2. The van der Waals surface area contributed by atoms with Gasteiger partial charge >= 0.3 is 5.97 Å². The lowest BCUT2D eigenvalue weighted by molar-refractivity contribution is 0.0697. The highest BCUT2D eigenvalue weighted by Gasteiger charge is 2.21. The van der Waals surface area contributed by atoms with E-state index < -0.39 is 17.6 Å². The maximum absolute atomic E-state index is 14.2. The van der Waals surface area contributed by atoms with E-state index in [1.54, 1.807) is 30.3 Å². The van der Waals surface area contributed by atoms with E-state index in [-0.39, 0.29) is 17.7 Å². The molecule has 1 heterocycles. The highest BCUT2D eigenvalue weighted by atomic mass is 35.5. The molecule has 3 aromatic carbocycles. The number of anilines is 1. The molecule has 190 valence electrons. The molecule has 0 unspecified atom stereocenters. The number of morpholine rings is 1. The minimum atomic E-state index is -1.00. The topological polar surface area (TPSA) is 59.0 Å². The van der Waals surface area contributed by atoms with Crippen molar-refractivity contribution >= 4 is 34.4 Å². The molecule has 0 spiro atoms. The summed E-state index contributed by atoms with van der Waals surface area (Å²) in [6.07, 6.45) is 4.55. The first kappa shape index (κ1) is 25.0. The fraction of sp³-hybridized carbons (Fsp3) is 0.207. The van der Waals surface area contributed by atoms with Crippen molar-refractivity contribution in [1.82, 2.24) is 0 Å². The molecule has 2 aliphatic rings. The van der Waals surface area contributed by atoms with Gasteiger partial charge < -0.3 is 19.5 Å². The monoisotopic (exact) mass is 523 g/mol. The van der Waals surface area contributed by atoms with Crippen molar-refractivity contribution in [2.24, 2.45) is 0 Å². The maximum Gasteiger partial charge on any atom is 0.335 e. The average molecular weight is 524 g/mol. The third kappa shape index (κ3) is 5.53. The van der Waals surface area contributed by atoms with Gasteiger partial charge in [0.2, 0.25) is 0 Å². The van der Waals surface area contributed by atoms with Crippen molar-refractivity contribution in [3.05, 3.63) is 106 Å². The summed E-state index contributed by atoms with van der Waals surface area (Å²) in [4.78, 5) is 14.1. The van der Waals surface area contributed by atoms with Gasteiger partial charge in [-0.3, -0.25) is 0 Å². The van der Waals surface area contributed by atoms with Crippen molar-refractivity contribution in [2.45, 2.75) is 13.0 Å². The first-order chi connectivity index (χ1) is 17.9. The van der Waals surface area contributed by atoms with Gasteiger partial charge in [-0.15, -0.1) is 0 Å². The van der Waals surface area contributed by atoms with E-state index in [2.05, 4.69) is 4.90 Å². The van der Waals surface area contributed by atoms with E-state index in [0.29, 0.717) is 49.1 Å². The summed E-state index contributed by atoms with van der Waals surface area (Å²) in [6.45, 7) is 2.43. The highest BCUT2D eigenvalue weighted by Crippen LogP contribution is 2.41. The first-order valence-corrected chi connectivity index (χ1v) is 12.2. The van der Waals surface area contributed by atoms with Crippen LogP contribution in [0.3, 0.4) is 0 Å². The molecule has 37 heavy (non-hydrogen) atoms. The standard InChI is InChI=1S/C29H24ClF2NO4/c30-21-5-7-28(37-17-18-4-6-22(31)16-27(18)32)26(15-21)25-3-1-2-24(25)19-12-20(29(34)35)14-23(13-19)33-8-10-36-11-9-33/h1,3-7,12-16H,2,8-11,17H2,(H,34,35). The van der Waals surface area contributed by atoms with Gasteiger partial charge in [-0.05, 0) is 71.7 Å². The zero-order valence-corrected chi connectivity index (χ0v) is 20.6. The molecule has 1 N–H and O–H groups in total. The van der Waals surface area contributed by atoms with Crippen LogP contribution in [-0.2, 0) is 11.3 Å². The second kappa shape index (κ2) is 10.7. The van der Waals surface area contributed by atoms with Crippen LogP contribution in [0.5, 0.6) is 5.75 Å². The van der Waals surface area contributed by atoms with E-state index in [1.165, 1.54) is 12.1 Å². The molecular weight excluding hydrogens is 500 g/mol. The Bertz CT molecular complexity index is 1410. The number of benzene rings is 3. The fourth-order valence-corrected chi connectivity index (χ4v) is 4.75. The number of carboxylic acids is 1. The number of rotatable bonds is 7. The van der Waals surface area contributed by atoms with E-state index in [1.807, 2.05) is 18.2 Å². The smallest absolute Gasteiger partial charge is 0.335 e. The SMILES string of the molecule is O=C(O)c1cc(C2=C(c3cc(Cl)ccc3OCc3ccc(F)cc3F)C=CC2)cc(N2CCOCC2)c1. The Morgan fingerprint density at radius 1 is 1.05 bits per heavy atom. The molecule has 8 heteroatoms. The van der Waals surface area contributed by atoms with Gasteiger partial charge in [0.1, 0.15) is 24.0 Å². The predicted molar refractivity (Wildman–Crippen MR) is 139 cm³/mol. The van der Waals surface area contributed by atoms with Gasteiger partial charge in [-0.2, -0.15) is 0 Å². The molecule has 0 amide bonds. The van der Waals surface area contributed by atoms with Crippen LogP contribution in [0.15, 0.2) is 66.7 Å². The van der Waals surface area contributed by atoms with E-state index in [9.17, 15) is 18.7 Å². The lowest BCUT2D eigenvalue weighted by atomic mass is 9.94. The summed E-state index contributed by atoms with van der Waals surface area (Å²) in [7, 11) is 0. The van der Waals surface area contributed by atoms with E-state index in [0.717, 1.165) is 28.5 Å². The molecule has 1 aliphatic carbocycles. The van der Waals surface area contributed by atoms with Crippen LogP contribution >= 0.6 is 11.6 Å². The molecule has 1 fully saturated rings. The zero-order chi connectivity index (χ0) is 25.9. The molecule has 0 bridgehead atoms. The second-order valence-corrected chi connectivity index (χ2v) is 9.27. The summed E-state index contributed by atoms with van der Waals surface area (Å²) in [5.74, 6) is -1.86. The zero-order valence-electron chi connectivity index (χ0n) is 19.8. The normalized spacial score (nSPS) is 15.4. The quantitative estimate of drug-likeness (QED) is 0.378. The van der Waals surface area contributed by atoms with Crippen LogP contribution in [-0.4, -0.2) is 37.4 Å². The number of aromatic carboxylic acids is 1. The summed E-state index contributed by atoms with van der Waals surface area (Å²) < 4.78 is 38.9. The van der Waals surface area contributed by atoms with Crippen molar-refractivity contribution in [3.63, 3.8) is 0 Å². The summed E-state index contributed by atoms with van der Waals surface area (Å²) in [5.41, 5.74) is 4.51. The van der Waals surface area contributed by atoms with Gasteiger partial charge in [0.25, 0.3) is 0 Å². The predicted octanol–water partition coefficient (Wildman–Crippen LogP) is 6.60. The van der Waals surface area contributed by atoms with Gasteiger partial charge in [0.15, 0.2) is 0 Å². The van der Waals surface area contributed by atoms with Crippen molar-refractivity contribution < 1.29 is 28.2 Å². The number of carboxylic acid groups (broad SMARTS) is 1. The van der Waals surface area contributed by atoms with Gasteiger partial charge in [-0.25, -0.2) is 13.6 Å². The third-order valence-corrected chi connectivity index (χ3v) is 6.69. The Morgan fingerprint density at radius 3 is 2.62 bits per heavy atom. The Balaban J connectivity index is 1.54. The minimum absolute atomic E-state index is 0.0945. The molecule has 0 radical (unpaired) electrons. The van der Waals surface area contributed by atoms with E-state index >= 15 is 0 Å². The number of allylic oxidation sites excluding steroid dienone is 4. The molecule has 5 rings (SSSR count). The number of hydrogen-bond acceptors (Lipinski definition) is 4. The maximum atomic E-state index is 14.2. The molecule has 1 saturated heterocycles.